The highest BCUT2D eigenvalue weighted by molar-refractivity contribution is 6.33. The number of hydrogen-bond acceptors (Lipinski definition) is 6. The molecule has 1 saturated heterocycles. The molecule has 30 heavy (non-hydrogen) atoms. The van der Waals surface area contributed by atoms with E-state index in [2.05, 4.69) is 10.3 Å². The molecule has 0 radical (unpaired) electrons. The fraction of sp³-hybridized carbons (Fsp3) is 0.333. The van der Waals surface area contributed by atoms with Crippen molar-refractivity contribution >= 4 is 40.9 Å². The summed E-state index contributed by atoms with van der Waals surface area (Å²) in [6.07, 6.45) is 3.72. The standard InChI is InChI=1S/C21H23ClN4O4/c1-25(13-18(27)24-17-9-3-2-8-16(17)22)19(28)14-30-21(29)15-7-6-10-23-20(15)26-11-4-5-12-26/h2-3,6-10H,4-5,11-14H2,1H3,(H,24,27). The van der Waals surface area contributed by atoms with E-state index in [0.717, 1.165) is 25.9 Å². The van der Waals surface area contributed by atoms with Crippen LogP contribution in [0, 0.1) is 0 Å². The van der Waals surface area contributed by atoms with Gasteiger partial charge >= 0.3 is 5.97 Å². The minimum absolute atomic E-state index is 0.201. The number of aromatic nitrogens is 1. The topological polar surface area (TPSA) is 91.8 Å². The van der Waals surface area contributed by atoms with E-state index in [0.29, 0.717) is 22.1 Å². The van der Waals surface area contributed by atoms with Gasteiger partial charge in [-0.25, -0.2) is 9.78 Å². The Morgan fingerprint density at radius 1 is 1.17 bits per heavy atom. The first-order chi connectivity index (χ1) is 14.5. The lowest BCUT2D eigenvalue weighted by Crippen LogP contribution is -2.37. The van der Waals surface area contributed by atoms with Gasteiger partial charge in [-0.2, -0.15) is 0 Å². The van der Waals surface area contributed by atoms with Crippen LogP contribution in [0.4, 0.5) is 11.5 Å². The molecule has 9 heteroatoms. The van der Waals surface area contributed by atoms with Crippen molar-refractivity contribution in [1.82, 2.24) is 9.88 Å². The summed E-state index contributed by atoms with van der Waals surface area (Å²) >= 11 is 6.01. The molecule has 0 unspecified atom stereocenters. The first-order valence-electron chi connectivity index (χ1n) is 9.61. The molecule has 1 aliphatic rings. The fourth-order valence-electron chi connectivity index (χ4n) is 3.11. The molecular formula is C21H23ClN4O4. The molecule has 0 bridgehead atoms. The number of carbonyl (C=O) groups is 3. The number of hydrogen-bond donors (Lipinski definition) is 1. The SMILES string of the molecule is CN(CC(=O)Nc1ccccc1Cl)C(=O)COC(=O)c1cccnc1N1CCCC1. The predicted octanol–water partition coefficient (Wildman–Crippen LogP) is 2.59. The number of anilines is 2. The summed E-state index contributed by atoms with van der Waals surface area (Å²) < 4.78 is 5.18. The molecule has 3 rings (SSSR count). The number of nitrogens with zero attached hydrogens (tertiary/aromatic N) is 3. The van der Waals surface area contributed by atoms with Crippen LogP contribution in [-0.2, 0) is 14.3 Å². The quantitative estimate of drug-likeness (QED) is 0.679. The molecule has 2 amide bonds. The van der Waals surface area contributed by atoms with E-state index in [9.17, 15) is 14.4 Å². The van der Waals surface area contributed by atoms with Gasteiger partial charge in [0.2, 0.25) is 5.91 Å². The van der Waals surface area contributed by atoms with Gasteiger partial charge in [-0.05, 0) is 37.1 Å². The van der Waals surface area contributed by atoms with Gasteiger partial charge in [0.25, 0.3) is 5.91 Å². The van der Waals surface area contributed by atoms with Crippen molar-refractivity contribution in [1.29, 1.82) is 0 Å². The normalized spacial score (nSPS) is 13.1. The van der Waals surface area contributed by atoms with E-state index < -0.39 is 24.4 Å². The molecule has 0 aliphatic carbocycles. The number of para-hydroxylation sites is 1. The van der Waals surface area contributed by atoms with E-state index in [1.165, 1.54) is 11.9 Å². The monoisotopic (exact) mass is 430 g/mol. The van der Waals surface area contributed by atoms with Crippen LogP contribution in [0.1, 0.15) is 23.2 Å². The number of pyridine rings is 1. The number of nitrogens with one attached hydrogen (secondary N) is 1. The summed E-state index contributed by atoms with van der Waals surface area (Å²) in [7, 11) is 1.46. The number of likely N-dealkylation sites (N-methyl/N-ethyl adjacent to an activating group) is 1. The third-order valence-corrected chi connectivity index (χ3v) is 5.02. The highest BCUT2D eigenvalue weighted by Gasteiger charge is 2.23. The molecule has 1 aromatic heterocycles. The van der Waals surface area contributed by atoms with Gasteiger partial charge in [0.05, 0.1) is 17.3 Å². The Morgan fingerprint density at radius 2 is 1.90 bits per heavy atom. The van der Waals surface area contributed by atoms with Gasteiger partial charge in [-0.3, -0.25) is 9.59 Å². The van der Waals surface area contributed by atoms with E-state index in [1.54, 1.807) is 42.6 Å². The Balaban J connectivity index is 1.52. The van der Waals surface area contributed by atoms with E-state index in [1.807, 2.05) is 4.90 Å². The zero-order chi connectivity index (χ0) is 21.5. The Bertz CT molecular complexity index is 931. The van der Waals surface area contributed by atoms with E-state index in [4.69, 9.17) is 16.3 Å². The summed E-state index contributed by atoms with van der Waals surface area (Å²) in [5, 5.41) is 3.04. The largest absolute Gasteiger partial charge is 0.452 e. The number of carbonyl (C=O) groups excluding carboxylic acids is 3. The van der Waals surface area contributed by atoms with Crippen LogP contribution in [0.3, 0.4) is 0 Å². The Labute approximate surface area is 179 Å². The molecular weight excluding hydrogens is 408 g/mol. The van der Waals surface area contributed by atoms with Crippen molar-refractivity contribution in [3.8, 4) is 0 Å². The van der Waals surface area contributed by atoms with E-state index in [-0.39, 0.29) is 6.54 Å². The number of benzene rings is 1. The molecule has 1 N–H and O–H groups in total. The van der Waals surface area contributed by atoms with Crippen molar-refractivity contribution < 1.29 is 19.1 Å². The zero-order valence-electron chi connectivity index (χ0n) is 16.6. The molecule has 0 spiro atoms. The highest BCUT2D eigenvalue weighted by atomic mass is 35.5. The average Bonchev–Trinajstić information content (AvgIpc) is 3.28. The minimum atomic E-state index is -0.618. The van der Waals surface area contributed by atoms with Gasteiger partial charge in [-0.1, -0.05) is 23.7 Å². The molecule has 1 aliphatic heterocycles. The average molecular weight is 431 g/mol. The van der Waals surface area contributed by atoms with E-state index >= 15 is 0 Å². The Morgan fingerprint density at radius 3 is 2.63 bits per heavy atom. The molecule has 0 saturated carbocycles. The molecule has 1 fully saturated rings. The summed E-state index contributed by atoms with van der Waals surface area (Å²) in [4.78, 5) is 44.4. The van der Waals surface area contributed by atoms with Gasteiger partial charge < -0.3 is 19.9 Å². The summed E-state index contributed by atoms with van der Waals surface area (Å²) in [5.74, 6) is -0.953. The maximum Gasteiger partial charge on any atom is 0.342 e. The number of halogens is 1. The van der Waals surface area contributed by atoms with Crippen molar-refractivity contribution in [2.45, 2.75) is 12.8 Å². The minimum Gasteiger partial charge on any atom is -0.452 e. The summed E-state index contributed by atoms with van der Waals surface area (Å²) in [6.45, 7) is 0.996. The lowest BCUT2D eigenvalue weighted by molar-refractivity contribution is -0.136. The molecule has 158 valence electrons. The van der Waals surface area contributed by atoms with Crippen LogP contribution in [-0.4, -0.2) is 61.0 Å². The molecule has 2 aromatic rings. The van der Waals surface area contributed by atoms with Crippen LogP contribution in [0.15, 0.2) is 42.6 Å². The predicted molar refractivity (Wildman–Crippen MR) is 114 cm³/mol. The maximum absolute atomic E-state index is 12.5. The third kappa shape index (κ3) is 5.48. The molecule has 0 atom stereocenters. The van der Waals surface area contributed by atoms with Gasteiger partial charge in [0, 0.05) is 26.3 Å². The molecule has 8 nitrogen and oxygen atoms in total. The number of rotatable bonds is 7. The third-order valence-electron chi connectivity index (χ3n) is 4.69. The summed E-state index contributed by atoms with van der Waals surface area (Å²) in [6, 6.07) is 10.1. The number of amides is 2. The van der Waals surface area contributed by atoms with Crippen LogP contribution >= 0.6 is 11.6 Å². The smallest absolute Gasteiger partial charge is 0.342 e. The van der Waals surface area contributed by atoms with Crippen molar-refractivity contribution in [2.24, 2.45) is 0 Å². The highest BCUT2D eigenvalue weighted by Crippen LogP contribution is 2.22. The lowest BCUT2D eigenvalue weighted by atomic mass is 10.2. The van der Waals surface area contributed by atoms with Crippen LogP contribution in [0.25, 0.3) is 0 Å². The first kappa shape index (κ1) is 21.6. The van der Waals surface area contributed by atoms with Crippen molar-refractivity contribution in [3.63, 3.8) is 0 Å². The van der Waals surface area contributed by atoms with Gasteiger partial charge in [0.1, 0.15) is 11.4 Å². The fourth-order valence-corrected chi connectivity index (χ4v) is 3.29. The Kier molecular flexibility index (Phi) is 7.24. The second-order valence-electron chi connectivity index (χ2n) is 6.92. The second kappa shape index (κ2) is 10.1. The van der Waals surface area contributed by atoms with Crippen molar-refractivity contribution in [3.05, 3.63) is 53.2 Å². The van der Waals surface area contributed by atoms with Crippen LogP contribution in [0.5, 0.6) is 0 Å². The van der Waals surface area contributed by atoms with Crippen molar-refractivity contribution in [2.75, 3.05) is 43.5 Å². The second-order valence-corrected chi connectivity index (χ2v) is 7.33. The summed E-state index contributed by atoms with van der Waals surface area (Å²) in [5.41, 5.74) is 0.786. The Hall–Kier alpha value is -3.13. The van der Waals surface area contributed by atoms with Gasteiger partial charge in [-0.15, -0.1) is 0 Å². The van der Waals surface area contributed by atoms with Crippen LogP contribution < -0.4 is 10.2 Å². The first-order valence-corrected chi connectivity index (χ1v) is 9.99. The van der Waals surface area contributed by atoms with Gasteiger partial charge in [0.15, 0.2) is 6.61 Å². The lowest BCUT2D eigenvalue weighted by Gasteiger charge is -2.20. The number of ether oxygens (including phenoxy) is 1. The van der Waals surface area contributed by atoms with Crippen LogP contribution in [0.2, 0.25) is 5.02 Å². The number of esters is 1. The maximum atomic E-state index is 12.5. The molecule has 1 aromatic carbocycles. The molecule has 2 heterocycles. The zero-order valence-corrected chi connectivity index (χ0v) is 17.4.